The maximum Gasteiger partial charge on any atom is 0.338 e. The summed E-state index contributed by atoms with van der Waals surface area (Å²) < 4.78 is 32.7. The third-order valence-electron chi connectivity index (χ3n) is 5.92. The number of hydrogen-bond donors (Lipinski definition) is 0. The number of rotatable bonds is 7. The molecule has 6 nitrogen and oxygen atoms in total. The predicted molar refractivity (Wildman–Crippen MR) is 130 cm³/mol. The van der Waals surface area contributed by atoms with E-state index in [-0.39, 0.29) is 16.2 Å². The number of benzene rings is 3. The largest absolute Gasteiger partial charge is 0.454 e. The first-order valence-corrected chi connectivity index (χ1v) is 12.9. The minimum Gasteiger partial charge on any atom is -0.454 e. The van der Waals surface area contributed by atoms with E-state index < -0.39 is 22.6 Å². The van der Waals surface area contributed by atoms with E-state index >= 15 is 0 Å². The maximum absolute atomic E-state index is 13.0. The Labute approximate surface area is 200 Å². The van der Waals surface area contributed by atoms with Crippen LogP contribution in [0.3, 0.4) is 0 Å². The number of carbonyl (C=O) groups excluding carboxylic acids is 2. The van der Waals surface area contributed by atoms with Crippen molar-refractivity contribution < 1.29 is 22.7 Å². The fourth-order valence-electron chi connectivity index (χ4n) is 3.99. The molecule has 0 amide bonds. The smallest absolute Gasteiger partial charge is 0.338 e. The van der Waals surface area contributed by atoms with Crippen LogP contribution < -0.4 is 0 Å². The van der Waals surface area contributed by atoms with Crippen molar-refractivity contribution >= 4 is 21.8 Å². The summed E-state index contributed by atoms with van der Waals surface area (Å²) in [5.41, 5.74) is 2.56. The number of ether oxygens (including phenoxy) is 1. The Kier molecular flexibility index (Phi) is 7.55. The topological polar surface area (TPSA) is 80.8 Å². The SMILES string of the molecule is O=C(COC(=O)c1cccc(S(=O)(=O)N2CCCCCC2)c1)c1ccc(-c2ccccc2)cc1. The third kappa shape index (κ3) is 5.61. The Morgan fingerprint density at radius 3 is 2.06 bits per heavy atom. The Morgan fingerprint density at radius 2 is 1.38 bits per heavy atom. The number of carbonyl (C=O) groups is 2. The van der Waals surface area contributed by atoms with Crippen LogP contribution in [0.15, 0.2) is 83.8 Å². The molecule has 0 aliphatic carbocycles. The lowest BCUT2D eigenvalue weighted by Crippen LogP contribution is -2.32. The van der Waals surface area contributed by atoms with Gasteiger partial charge in [-0.3, -0.25) is 4.79 Å². The average Bonchev–Trinajstić information content (AvgIpc) is 3.18. The molecular weight excluding hydrogens is 450 g/mol. The summed E-state index contributed by atoms with van der Waals surface area (Å²) in [6.07, 6.45) is 3.69. The van der Waals surface area contributed by atoms with E-state index in [0.717, 1.165) is 36.8 Å². The van der Waals surface area contributed by atoms with Crippen LogP contribution in [0.4, 0.5) is 0 Å². The molecule has 4 rings (SSSR count). The van der Waals surface area contributed by atoms with Gasteiger partial charge in [0.25, 0.3) is 0 Å². The number of nitrogens with zero attached hydrogens (tertiary/aromatic N) is 1. The molecule has 0 saturated carbocycles. The van der Waals surface area contributed by atoms with E-state index in [9.17, 15) is 18.0 Å². The van der Waals surface area contributed by atoms with Crippen molar-refractivity contribution in [1.29, 1.82) is 0 Å². The van der Waals surface area contributed by atoms with Gasteiger partial charge in [-0.25, -0.2) is 13.2 Å². The summed E-state index contributed by atoms with van der Waals surface area (Å²) in [5.74, 6) is -1.07. The molecule has 0 atom stereocenters. The van der Waals surface area contributed by atoms with Crippen molar-refractivity contribution in [1.82, 2.24) is 4.31 Å². The zero-order valence-electron chi connectivity index (χ0n) is 18.9. The highest BCUT2D eigenvalue weighted by atomic mass is 32.2. The van der Waals surface area contributed by atoms with Crippen molar-refractivity contribution in [3.05, 3.63) is 90.0 Å². The van der Waals surface area contributed by atoms with Crippen LogP contribution in [0.1, 0.15) is 46.4 Å². The molecule has 3 aromatic rings. The van der Waals surface area contributed by atoms with Gasteiger partial charge in [0.05, 0.1) is 10.5 Å². The summed E-state index contributed by atoms with van der Waals surface area (Å²) in [4.78, 5) is 25.1. The van der Waals surface area contributed by atoms with E-state index in [0.29, 0.717) is 18.7 Å². The van der Waals surface area contributed by atoms with E-state index in [1.54, 1.807) is 12.1 Å². The van der Waals surface area contributed by atoms with Gasteiger partial charge in [-0.1, -0.05) is 73.5 Å². The highest BCUT2D eigenvalue weighted by Crippen LogP contribution is 2.22. The van der Waals surface area contributed by atoms with E-state index in [4.69, 9.17) is 4.74 Å². The Morgan fingerprint density at radius 1 is 0.735 bits per heavy atom. The minimum atomic E-state index is -3.68. The molecule has 1 aliphatic heterocycles. The third-order valence-corrected chi connectivity index (χ3v) is 7.82. The molecule has 0 N–H and O–H groups in total. The maximum atomic E-state index is 13.0. The molecule has 1 heterocycles. The van der Waals surface area contributed by atoms with Crippen molar-refractivity contribution in [2.75, 3.05) is 19.7 Å². The normalized spacial score (nSPS) is 14.8. The highest BCUT2D eigenvalue weighted by Gasteiger charge is 2.26. The van der Waals surface area contributed by atoms with Gasteiger partial charge in [0.2, 0.25) is 10.0 Å². The number of ketones is 1. The molecule has 3 aromatic carbocycles. The first-order valence-electron chi connectivity index (χ1n) is 11.4. The van der Waals surface area contributed by atoms with Crippen LogP contribution in [0, 0.1) is 0 Å². The molecule has 1 saturated heterocycles. The zero-order chi connectivity index (χ0) is 24.0. The lowest BCUT2D eigenvalue weighted by atomic mass is 10.0. The van der Waals surface area contributed by atoms with Crippen molar-refractivity contribution in [3.63, 3.8) is 0 Å². The molecule has 0 unspecified atom stereocenters. The minimum absolute atomic E-state index is 0.0617. The fraction of sp³-hybridized carbons (Fsp3) is 0.259. The quantitative estimate of drug-likeness (QED) is 0.355. The number of sulfonamides is 1. The Balaban J connectivity index is 1.40. The van der Waals surface area contributed by atoms with Crippen LogP contribution >= 0.6 is 0 Å². The van der Waals surface area contributed by atoms with Crippen LogP contribution in [-0.4, -0.2) is 44.2 Å². The van der Waals surface area contributed by atoms with Crippen LogP contribution in [-0.2, 0) is 14.8 Å². The predicted octanol–water partition coefficient (Wildman–Crippen LogP) is 4.96. The molecule has 176 valence electrons. The van der Waals surface area contributed by atoms with Crippen LogP contribution in [0.2, 0.25) is 0 Å². The summed E-state index contributed by atoms with van der Waals surface area (Å²) in [6.45, 7) is 0.537. The second kappa shape index (κ2) is 10.8. The molecule has 1 aliphatic rings. The van der Waals surface area contributed by atoms with E-state index in [2.05, 4.69) is 0 Å². The lowest BCUT2D eigenvalue weighted by Gasteiger charge is -2.20. The summed E-state index contributed by atoms with van der Waals surface area (Å²) in [7, 11) is -3.68. The van der Waals surface area contributed by atoms with Crippen molar-refractivity contribution in [2.45, 2.75) is 30.6 Å². The Hall–Kier alpha value is -3.29. The van der Waals surface area contributed by atoms with Gasteiger partial charge in [-0.15, -0.1) is 0 Å². The molecule has 0 bridgehead atoms. The van der Waals surface area contributed by atoms with Gasteiger partial charge in [0.15, 0.2) is 12.4 Å². The van der Waals surface area contributed by atoms with Crippen molar-refractivity contribution in [3.8, 4) is 11.1 Å². The van der Waals surface area contributed by atoms with Gasteiger partial charge in [-0.2, -0.15) is 4.31 Å². The summed E-state index contributed by atoms with van der Waals surface area (Å²) >= 11 is 0. The second-order valence-corrected chi connectivity index (χ2v) is 10.2. The molecule has 0 aromatic heterocycles. The summed E-state index contributed by atoms with van der Waals surface area (Å²) in [5, 5.41) is 0. The molecule has 34 heavy (non-hydrogen) atoms. The first-order chi connectivity index (χ1) is 16.4. The number of hydrogen-bond acceptors (Lipinski definition) is 5. The second-order valence-electron chi connectivity index (χ2n) is 8.29. The highest BCUT2D eigenvalue weighted by molar-refractivity contribution is 7.89. The first kappa shape index (κ1) is 23.9. The lowest BCUT2D eigenvalue weighted by molar-refractivity contribution is 0.0474. The van der Waals surface area contributed by atoms with Gasteiger partial charge >= 0.3 is 5.97 Å². The van der Waals surface area contributed by atoms with Crippen LogP contribution in [0.5, 0.6) is 0 Å². The van der Waals surface area contributed by atoms with Gasteiger partial charge < -0.3 is 4.74 Å². The average molecular weight is 478 g/mol. The fourth-order valence-corrected chi connectivity index (χ4v) is 5.56. The number of esters is 1. The molecular formula is C27H27NO5S. The van der Waals surface area contributed by atoms with Gasteiger partial charge in [0.1, 0.15) is 0 Å². The monoisotopic (exact) mass is 477 g/mol. The van der Waals surface area contributed by atoms with Gasteiger partial charge in [-0.05, 0) is 42.2 Å². The molecule has 0 spiro atoms. The Bertz CT molecular complexity index is 1250. The van der Waals surface area contributed by atoms with Crippen molar-refractivity contribution in [2.24, 2.45) is 0 Å². The molecule has 7 heteroatoms. The van der Waals surface area contributed by atoms with Gasteiger partial charge in [0, 0.05) is 18.7 Å². The zero-order valence-corrected chi connectivity index (χ0v) is 19.7. The van der Waals surface area contributed by atoms with Crippen LogP contribution in [0.25, 0.3) is 11.1 Å². The van der Waals surface area contributed by atoms with E-state index in [1.807, 2.05) is 42.5 Å². The molecule has 1 fully saturated rings. The molecule has 0 radical (unpaired) electrons. The summed E-state index contributed by atoms with van der Waals surface area (Å²) in [6, 6.07) is 22.7. The van der Waals surface area contributed by atoms with E-state index in [1.165, 1.54) is 28.6 Å². The standard InChI is InChI=1S/C27H27NO5S/c29-26(23-15-13-22(14-16-23)21-9-4-3-5-10-21)20-33-27(30)24-11-8-12-25(19-24)34(31,32)28-17-6-1-2-7-18-28/h3-5,8-16,19H,1-2,6-7,17-18,20H2. The number of Topliss-reactive ketones (excluding diaryl/α,β-unsaturated/α-hetero) is 1.